The van der Waals surface area contributed by atoms with Gasteiger partial charge in [0.15, 0.2) is 0 Å². The van der Waals surface area contributed by atoms with E-state index in [4.69, 9.17) is 4.74 Å². The molecule has 0 aromatic carbocycles. The number of aromatic nitrogens is 3. The molecule has 0 N–H and O–H groups in total. The van der Waals surface area contributed by atoms with Crippen LogP contribution in [-0.2, 0) is 17.8 Å². The SMILES string of the molecule is COCCn1ccc(-c2ccc(CN3CCCC[C@H]3c3cccnc3)s2)n1. The predicted molar refractivity (Wildman–Crippen MR) is 109 cm³/mol. The fourth-order valence-electron chi connectivity index (χ4n) is 3.73. The van der Waals surface area contributed by atoms with Gasteiger partial charge in [0.1, 0.15) is 5.69 Å². The Morgan fingerprint density at radius 3 is 3.04 bits per heavy atom. The number of methoxy groups -OCH3 is 1. The number of thiophene rings is 1. The molecule has 142 valence electrons. The molecule has 1 saturated heterocycles. The molecule has 4 heterocycles. The van der Waals surface area contributed by atoms with Crippen molar-refractivity contribution < 1.29 is 4.74 Å². The summed E-state index contributed by atoms with van der Waals surface area (Å²) in [5.74, 6) is 0. The molecule has 3 aromatic rings. The van der Waals surface area contributed by atoms with E-state index in [0.29, 0.717) is 12.6 Å². The van der Waals surface area contributed by atoms with Crippen molar-refractivity contribution in [1.29, 1.82) is 0 Å². The zero-order chi connectivity index (χ0) is 18.5. The molecule has 0 amide bonds. The molecule has 1 fully saturated rings. The van der Waals surface area contributed by atoms with Gasteiger partial charge in [0, 0.05) is 43.2 Å². The first kappa shape index (κ1) is 18.3. The highest BCUT2D eigenvalue weighted by molar-refractivity contribution is 7.15. The molecular formula is C21H26N4OS. The van der Waals surface area contributed by atoms with E-state index in [2.05, 4.69) is 39.2 Å². The molecule has 0 saturated carbocycles. The summed E-state index contributed by atoms with van der Waals surface area (Å²) in [6, 6.07) is 11.3. The lowest BCUT2D eigenvalue weighted by Gasteiger charge is -2.35. The lowest BCUT2D eigenvalue weighted by atomic mass is 9.96. The Bertz CT molecular complexity index is 845. The summed E-state index contributed by atoms with van der Waals surface area (Å²) in [6.45, 7) is 3.61. The lowest BCUT2D eigenvalue weighted by molar-refractivity contribution is 0.141. The van der Waals surface area contributed by atoms with Gasteiger partial charge in [-0.05, 0) is 49.2 Å². The van der Waals surface area contributed by atoms with Crippen LogP contribution in [0.5, 0.6) is 0 Å². The Hall–Kier alpha value is -2.02. The molecule has 6 heteroatoms. The van der Waals surface area contributed by atoms with Crippen molar-refractivity contribution in [3.63, 3.8) is 0 Å². The van der Waals surface area contributed by atoms with E-state index in [0.717, 1.165) is 25.3 Å². The van der Waals surface area contributed by atoms with Crippen LogP contribution >= 0.6 is 11.3 Å². The van der Waals surface area contributed by atoms with Crippen molar-refractivity contribution in [3.05, 3.63) is 59.4 Å². The Balaban J connectivity index is 1.45. The third-order valence-corrected chi connectivity index (χ3v) is 6.21. The van der Waals surface area contributed by atoms with Gasteiger partial charge < -0.3 is 4.74 Å². The second kappa shape index (κ2) is 8.78. The first-order chi connectivity index (χ1) is 13.3. The minimum Gasteiger partial charge on any atom is -0.383 e. The van der Waals surface area contributed by atoms with Crippen molar-refractivity contribution in [1.82, 2.24) is 19.7 Å². The molecule has 3 aromatic heterocycles. The second-order valence-corrected chi connectivity index (χ2v) is 8.16. The third kappa shape index (κ3) is 4.46. The van der Waals surface area contributed by atoms with Crippen LogP contribution in [0.4, 0.5) is 0 Å². The van der Waals surface area contributed by atoms with Crippen LogP contribution in [0.2, 0.25) is 0 Å². The molecule has 1 atom stereocenters. The second-order valence-electron chi connectivity index (χ2n) is 6.99. The number of likely N-dealkylation sites (tertiary alicyclic amines) is 1. The number of nitrogens with zero attached hydrogens (tertiary/aromatic N) is 4. The van der Waals surface area contributed by atoms with Gasteiger partial charge >= 0.3 is 0 Å². The smallest absolute Gasteiger partial charge is 0.102 e. The molecule has 0 aliphatic carbocycles. The molecule has 5 nitrogen and oxygen atoms in total. The average Bonchev–Trinajstić information content (AvgIpc) is 3.37. The lowest BCUT2D eigenvalue weighted by Crippen LogP contribution is -2.32. The summed E-state index contributed by atoms with van der Waals surface area (Å²) in [5, 5.41) is 4.67. The topological polar surface area (TPSA) is 43.2 Å². The first-order valence-electron chi connectivity index (χ1n) is 9.59. The van der Waals surface area contributed by atoms with Gasteiger partial charge in [0.2, 0.25) is 0 Å². The molecular weight excluding hydrogens is 356 g/mol. The van der Waals surface area contributed by atoms with Crippen LogP contribution in [0.1, 0.15) is 35.7 Å². The van der Waals surface area contributed by atoms with Crippen LogP contribution in [0, 0.1) is 0 Å². The molecule has 0 unspecified atom stereocenters. The van der Waals surface area contributed by atoms with E-state index in [-0.39, 0.29) is 0 Å². The highest BCUT2D eigenvalue weighted by Crippen LogP contribution is 2.34. The summed E-state index contributed by atoms with van der Waals surface area (Å²) < 4.78 is 7.07. The number of rotatable bonds is 7. The van der Waals surface area contributed by atoms with E-state index in [1.807, 2.05) is 40.7 Å². The van der Waals surface area contributed by atoms with Crippen molar-refractivity contribution in [2.75, 3.05) is 20.3 Å². The number of hydrogen-bond donors (Lipinski definition) is 0. The fourth-order valence-corrected chi connectivity index (χ4v) is 4.73. The van der Waals surface area contributed by atoms with Crippen LogP contribution in [0.25, 0.3) is 10.6 Å². The van der Waals surface area contributed by atoms with Crippen LogP contribution in [0.15, 0.2) is 48.9 Å². The highest BCUT2D eigenvalue weighted by atomic mass is 32.1. The maximum Gasteiger partial charge on any atom is 0.102 e. The highest BCUT2D eigenvalue weighted by Gasteiger charge is 2.24. The average molecular weight is 383 g/mol. The molecule has 0 spiro atoms. The van der Waals surface area contributed by atoms with Crippen LogP contribution in [0.3, 0.4) is 0 Å². The number of pyridine rings is 1. The standard InChI is InChI=1S/C21H26N4OS/c1-26-14-13-25-12-9-19(23-25)21-8-7-18(27-21)16-24-11-3-2-6-20(24)17-5-4-10-22-15-17/h4-5,7-10,12,15,20H,2-3,6,11,13-14,16H2,1H3/t20-/m0/s1. The summed E-state index contributed by atoms with van der Waals surface area (Å²) in [7, 11) is 1.72. The van der Waals surface area contributed by atoms with Gasteiger partial charge in [0.05, 0.1) is 18.0 Å². The molecule has 4 rings (SSSR count). The zero-order valence-corrected chi connectivity index (χ0v) is 16.6. The normalized spacial score (nSPS) is 18.0. The largest absolute Gasteiger partial charge is 0.383 e. The Morgan fingerprint density at radius 2 is 2.19 bits per heavy atom. The fraction of sp³-hybridized carbons (Fsp3) is 0.429. The van der Waals surface area contributed by atoms with E-state index >= 15 is 0 Å². The number of hydrogen-bond acceptors (Lipinski definition) is 5. The quantitative estimate of drug-likeness (QED) is 0.608. The molecule has 1 aliphatic rings. The zero-order valence-electron chi connectivity index (χ0n) is 15.8. The van der Waals surface area contributed by atoms with Gasteiger partial charge in [-0.1, -0.05) is 12.5 Å². The van der Waals surface area contributed by atoms with Crippen LogP contribution in [-0.4, -0.2) is 39.9 Å². The van der Waals surface area contributed by atoms with Crippen molar-refractivity contribution in [2.45, 2.75) is 38.4 Å². The minimum atomic E-state index is 0.478. The number of ether oxygens (including phenoxy) is 1. The third-order valence-electron chi connectivity index (χ3n) is 5.12. The van der Waals surface area contributed by atoms with Crippen molar-refractivity contribution >= 4 is 11.3 Å². The summed E-state index contributed by atoms with van der Waals surface area (Å²) in [6.07, 6.45) is 9.69. The molecule has 27 heavy (non-hydrogen) atoms. The summed E-state index contributed by atoms with van der Waals surface area (Å²) >= 11 is 1.85. The Kier molecular flexibility index (Phi) is 5.97. The predicted octanol–water partition coefficient (Wildman–Crippen LogP) is 4.38. The number of piperidine rings is 1. The van der Waals surface area contributed by atoms with Gasteiger partial charge in [-0.15, -0.1) is 11.3 Å². The summed E-state index contributed by atoms with van der Waals surface area (Å²) in [5.41, 5.74) is 2.38. The monoisotopic (exact) mass is 382 g/mol. The maximum absolute atomic E-state index is 5.13. The van der Waals surface area contributed by atoms with Gasteiger partial charge in [-0.2, -0.15) is 5.10 Å². The van der Waals surface area contributed by atoms with Crippen molar-refractivity contribution in [2.24, 2.45) is 0 Å². The minimum absolute atomic E-state index is 0.478. The van der Waals surface area contributed by atoms with E-state index in [9.17, 15) is 0 Å². The van der Waals surface area contributed by atoms with Gasteiger partial charge in [-0.25, -0.2) is 0 Å². The van der Waals surface area contributed by atoms with Crippen molar-refractivity contribution in [3.8, 4) is 10.6 Å². The molecule has 1 aliphatic heterocycles. The first-order valence-corrected chi connectivity index (χ1v) is 10.4. The van der Waals surface area contributed by atoms with E-state index in [1.54, 1.807) is 7.11 Å². The Morgan fingerprint density at radius 1 is 1.22 bits per heavy atom. The van der Waals surface area contributed by atoms with Gasteiger partial charge in [0.25, 0.3) is 0 Å². The van der Waals surface area contributed by atoms with Gasteiger partial charge in [-0.3, -0.25) is 14.6 Å². The van der Waals surface area contributed by atoms with E-state index < -0.39 is 0 Å². The van der Waals surface area contributed by atoms with E-state index in [1.165, 1.54) is 34.6 Å². The summed E-state index contributed by atoms with van der Waals surface area (Å²) in [4.78, 5) is 9.56. The molecule has 0 radical (unpaired) electrons. The van der Waals surface area contributed by atoms with Crippen LogP contribution < -0.4 is 0 Å². The Labute approximate surface area is 164 Å². The maximum atomic E-state index is 5.13. The molecule has 0 bridgehead atoms.